The van der Waals surface area contributed by atoms with E-state index >= 15 is 0 Å². The third-order valence-corrected chi connectivity index (χ3v) is 5.91. The van der Waals surface area contributed by atoms with E-state index in [0.717, 1.165) is 0 Å². The quantitative estimate of drug-likeness (QED) is 0.177. The van der Waals surface area contributed by atoms with Gasteiger partial charge in [0.05, 0.1) is 25.4 Å². The summed E-state index contributed by atoms with van der Waals surface area (Å²) in [5.41, 5.74) is 3.94. The predicted octanol–water partition coefficient (Wildman–Crippen LogP) is -1.70. The molecule has 0 saturated heterocycles. The Labute approximate surface area is 136 Å². The minimum Gasteiger partial charge on any atom is -0.394 e. The zero-order valence-corrected chi connectivity index (χ0v) is 15.4. The largest absolute Gasteiger partial charge is 0.688 e. The molecule has 0 aliphatic carbocycles. The first-order valence-corrected chi connectivity index (χ1v) is 10.0. The molecule has 0 aromatic heterocycles. The average molecular weight is 381 g/mol. The second-order valence-corrected chi connectivity index (χ2v) is 7.80. The van der Waals surface area contributed by atoms with Gasteiger partial charge in [0, 0.05) is 19.8 Å². The van der Waals surface area contributed by atoms with Gasteiger partial charge < -0.3 is 44.1 Å². The molecule has 0 fully saturated rings. The maximum absolute atomic E-state index is 10.7. The molecule has 0 atom stereocenters. The minimum atomic E-state index is -4.69. The van der Waals surface area contributed by atoms with Crippen molar-refractivity contribution in [2.24, 2.45) is 5.73 Å². The van der Waals surface area contributed by atoms with Gasteiger partial charge in [0.25, 0.3) is 0 Å². The van der Waals surface area contributed by atoms with Crippen molar-refractivity contribution in [1.29, 1.82) is 0 Å². The first-order chi connectivity index (χ1) is 10.6. The Morgan fingerprint density at radius 1 is 0.913 bits per heavy atom. The van der Waals surface area contributed by atoms with Crippen LogP contribution in [0.25, 0.3) is 0 Å². The highest BCUT2D eigenvalue weighted by Crippen LogP contribution is 2.40. The van der Waals surface area contributed by atoms with E-state index in [1.807, 2.05) is 0 Å². The molecule has 0 heterocycles. The van der Waals surface area contributed by atoms with Crippen molar-refractivity contribution in [2.75, 3.05) is 39.6 Å². The van der Waals surface area contributed by atoms with Crippen LogP contribution < -0.4 is 5.73 Å². The van der Waals surface area contributed by atoms with Gasteiger partial charge >= 0.3 is 16.9 Å². The summed E-state index contributed by atoms with van der Waals surface area (Å²) < 4.78 is 30.4. The molecule has 0 saturated carbocycles. The minimum absolute atomic E-state index is 0.187. The first kappa shape index (κ1) is 25.3. The third kappa shape index (κ3) is 12.1. The van der Waals surface area contributed by atoms with Gasteiger partial charge in [-0.25, -0.2) is 4.57 Å². The van der Waals surface area contributed by atoms with Gasteiger partial charge in [-0.1, -0.05) is 0 Å². The molecular weight excluding hydrogens is 353 g/mol. The van der Waals surface area contributed by atoms with Gasteiger partial charge in [-0.05, 0) is 20.8 Å². The second kappa shape index (κ2) is 12.4. The van der Waals surface area contributed by atoms with E-state index in [4.69, 9.17) is 44.1 Å². The number of hydrogen-bond acceptors (Lipinski definition) is 9. The summed E-state index contributed by atoms with van der Waals surface area (Å²) >= 11 is 0. The van der Waals surface area contributed by atoms with Gasteiger partial charge in [0.2, 0.25) is 0 Å². The number of phosphoric acid groups is 1. The van der Waals surface area contributed by atoms with E-state index < -0.39 is 42.2 Å². The van der Waals surface area contributed by atoms with Crippen LogP contribution in [0.1, 0.15) is 20.8 Å². The van der Waals surface area contributed by atoms with E-state index in [1.165, 1.54) is 0 Å². The molecule has 7 N–H and O–H groups in total. The third-order valence-electron chi connectivity index (χ3n) is 2.14. The van der Waals surface area contributed by atoms with Crippen LogP contribution in [0.3, 0.4) is 0 Å². The van der Waals surface area contributed by atoms with Gasteiger partial charge in [0.15, 0.2) is 0 Å². The van der Waals surface area contributed by atoms with E-state index in [-0.39, 0.29) is 19.8 Å². The van der Waals surface area contributed by atoms with Gasteiger partial charge in [-0.3, -0.25) is 4.21 Å². The van der Waals surface area contributed by atoms with Crippen LogP contribution in [0.2, 0.25) is 0 Å². The molecule has 142 valence electrons. The number of aliphatic hydroxyl groups is 3. The molecule has 0 rings (SSSR count). The average Bonchev–Trinajstić information content (AvgIpc) is 2.46. The maximum Gasteiger partial charge on any atom is 0.688 e. The van der Waals surface area contributed by atoms with Crippen LogP contribution in [0.15, 0.2) is 0 Å². The highest BCUT2D eigenvalue weighted by molar-refractivity contribution is 7.47. The lowest BCUT2D eigenvalue weighted by atomic mass is 10.1. The maximum atomic E-state index is 10.7. The second-order valence-electron chi connectivity index (χ2n) is 4.22. The molecule has 0 spiro atoms. The van der Waals surface area contributed by atoms with E-state index in [2.05, 4.69) is 4.21 Å². The number of hydrogen-bond donors (Lipinski definition) is 6. The number of nitrogens with two attached hydrogens (primary N) is 1. The van der Waals surface area contributed by atoms with Crippen molar-refractivity contribution in [3.63, 3.8) is 0 Å². The summed E-state index contributed by atoms with van der Waals surface area (Å²) in [5, 5.41) is 25.0. The molecule has 23 heavy (non-hydrogen) atoms. The molecular formula is C10H28NO10PSi. The fourth-order valence-corrected chi connectivity index (χ4v) is 4.14. The zero-order valence-electron chi connectivity index (χ0n) is 13.5. The van der Waals surface area contributed by atoms with Crippen LogP contribution in [0.4, 0.5) is 0 Å². The Morgan fingerprint density at radius 3 is 1.35 bits per heavy atom. The molecule has 0 aromatic rings. The van der Waals surface area contributed by atoms with Crippen molar-refractivity contribution in [3.8, 4) is 0 Å². The monoisotopic (exact) mass is 381 g/mol. The fourth-order valence-electron chi connectivity index (χ4n) is 1.03. The van der Waals surface area contributed by atoms with Crippen LogP contribution in [0.5, 0.6) is 0 Å². The number of aliphatic hydroxyl groups excluding tert-OH is 3. The summed E-state index contributed by atoms with van der Waals surface area (Å²) in [7, 11) is -8.38. The van der Waals surface area contributed by atoms with Gasteiger partial charge in [0.1, 0.15) is 0 Å². The fraction of sp³-hybridized carbons (Fsp3) is 1.00. The molecule has 11 nitrogen and oxygen atoms in total. The van der Waals surface area contributed by atoms with Crippen molar-refractivity contribution in [2.45, 2.75) is 26.3 Å². The van der Waals surface area contributed by atoms with Crippen molar-refractivity contribution >= 4 is 16.9 Å². The van der Waals surface area contributed by atoms with Crippen LogP contribution >= 0.6 is 7.82 Å². The molecule has 13 heteroatoms. The normalized spacial score (nSPS) is 12.7. The van der Waals surface area contributed by atoms with Crippen LogP contribution in [0, 0.1) is 0 Å². The van der Waals surface area contributed by atoms with Gasteiger partial charge in [-0.2, -0.15) is 0 Å². The molecule has 0 amide bonds. The molecule has 0 radical (unpaired) electrons. The lowest BCUT2D eigenvalue weighted by Crippen LogP contribution is -2.50. The zero-order chi connectivity index (χ0) is 18.6. The van der Waals surface area contributed by atoms with Crippen LogP contribution in [-0.4, -0.2) is 79.3 Å². The summed E-state index contributed by atoms with van der Waals surface area (Å²) in [6.45, 7) is 4.32. The molecule has 0 bridgehead atoms. The Morgan fingerprint density at radius 2 is 1.22 bits per heavy atom. The Balaban J connectivity index is 0. The van der Waals surface area contributed by atoms with Crippen molar-refractivity contribution in [3.05, 3.63) is 0 Å². The molecule has 0 unspecified atom stereocenters. The van der Waals surface area contributed by atoms with Crippen molar-refractivity contribution < 1.29 is 47.2 Å². The summed E-state index contributed by atoms with van der Waals surface area (Å²) in [5.74, 6) is 0. The van der Waals surface area contributed by atoms with E-state index in [9.17, 15) is 4.57 Å². The lowest BCUT2D eigenvalue weighted by Gasteiger charge is -2.26. The smallest absolute Gasteiger partial charge is 0.394 e. The Bertz CT molecular complexity index is 312. The lowest BCUT2D eigenvalue weighted by molar-refractivity contribution is 0.00144. The van der Waals surface area contributed by atoms with E-state index in [0.29, 0.717) is 0 Å². The highest BCUT2D eigenvalue weighted by atomic mass is 31.2. The van der Waals surface area contributed by atoms with Crippen molar-refractivity contribution in [1.82, 2.24) is 0 Å². The number of rotatable bonds is 11. The predicted molar refractivity (Wildman–Crippen MR) is 81.9 cm³/mol. The topological polar surface area (TPSA) is 181 Å². The summed E-state index contributed by atoms with van der Waals surface area (Å²) in [4.78, 5) is 17.4. The van der Waals surface area contributed by atoms with Crippen LogP contribution in [-0.2, 0) is 22.1 Å². The molecule has 0 aromatic carbocycles. The highest BCUT2D eigenvalue weighted by Gasteiger charge is 2.50. The summed E-state index contributed by atoms with van der Waals surface area (Å²) in [6, 6.07) is 0. The Kier molecular flexibility index (Phi) is 13.7. The SMILES string of the molecule is CCO[Si](OCC)(OCC)OP(=O)(O)O.NC(CO)(CO)CO. The Hall–Kier alpha value is 0.0469. The first-order valence-electron chi connectivity index (χ1n) is 6.87. The van der Waals surface area contributed by atoms with Gasteiger partial charge in [-0.15, -0.1) is 0 Å². The summed E-state index contributed by atoms with van der Waals surface area (Å²) in [6.07, 6.45) is 0. The van der Waals surface area contributed by atoms with E-state index in [1.54, 1.807) is 20.8 Å². The standard InChI is InChI=1S/C6H17O7PSi.C4H11NO3/c1-4-10-15(11-5-2,12-6-3)13-14(7,8)9;5-4(1-6,2-7)3-8/h4-6H2,1-3H3,(H2,7,8,9);6-8H,1-3,5H2. The molecule has 0 aliphatic rings. The molecule has 0 aliphatic heterocycles.